The van der Waals surface area contributed by atoms with E-state index in [9.17, 15) is 4.79 Å². The summed E-state index contributed by atoms with van der Waals surface area (Å²) in [5.41, 5.74) is 6.46. The molecule has 0 aromatic rings. The van der Waals surface area contributed by atoms with Gasteiger partial charge in [-0.15, -0.1) is 0 Å². The Balaban J connectivity index is 2.49. The van der Waals surface area contributed by atoms with E-state index < -0.39 is 5.54 Å². The summed E-state index contributed by atoms with van der Waals surface area (Å²) < 4.78 is 0. The van der Waals surface area contributed by atoms with Crippen LogP contribution in [0.5, 0.6) is 0 Å². The summed E-state index contributed by atoms with van der Waals surface area (Å²) in [5.74, 6) is -0.0454. The lowest BCUT2D eigenvalue weighted by Gasteiger charge is -2.23. The van der Waals surface area contributed by atoms with Gasteiger partial charge in [0.2, 0.25) is 5.91 Å². The summed E-state index contributed by atoms with van der Waals surface area (Å²) >= 11 is 0. The average molecular weight is 196 g/mol. The number of hydrogen-bond acceptors (Lipinski definition) is 2. The van der Waals surface area contributed by atoms with Crippen LogP contribution in [0.25, 0.3) is 0 Å². The number of nitrogens with two attached hydrogens (primary N) is 1. The van der Waals surface area contributed by atoms with Crippen LogP contribution in [-0.4, -0.2) is 17.5 Å². The third-order valence-corrected chi connectivity index (χ3v) is 2.91. The number of rotatable bonds is 3. The topological polar surface area (TPSA) is 55.1 Å². The number of carbonyl (C=O) groups is 1. The van der Waals surface area contributed by atoms with Crippen molar-refractivity contribution in [2.45, 2.75) is 51.6 Å². The fraction of sp³-hybridized carbons (Fsp3) is 0.727. The van der Waals surface area contributed by atoms with Crippen molar-refractivity contribution in [3.8, 4) is 0 Å². The van der Waals surface area contributed by atoms with Crippen LogP contribution < -0.4 is 11.1 Å². The summed E-state index contributed by atoms with van der Waals surface area (Å²) in [6.07, 6.45) is 4.87. The van der Waals surface area contributed by atoms with Gasteiger partial charge in [0.25, 0.3) is 0 Å². The summed E-state index contributed by atoms with van der Waals surface area (Å²) in [7, 11) is 0. The van der Waals surface area contributed by atoms with Gasteiger partial charge in [-0.1, -0.05) is 18.6 Å². The molecule has 0 aromatic carbocycles. The van der Waals surface area contributed by atoms with Gasteiger partial charge in [0.05, 0.1) is 5.54 Å². The SMILES string of the molecule is CCC(C)(N)C(=O)NC1C=C(C)CC1. The molecule has 0 radical (unpaired) electrons. The molecule has 0 saturated carbocycles. The van der Waals surface area contributed by atoms with Crippen molar-refractivity contribution in [3.05, 3.63) is 11.6 Å². The van der Waals surface area contributed by atoms with Crippen molar-refractivity contribution in [1.82, 2.24) is 5.32 Å². The highest BCUT2D eigenvalue weighted by atomic mass is 16.2. The molecule has 0 fully saturated rings. The fourth-order valence-electron chi connectivity index (χ4n) is 1.50. The van der Waals surface area contributed by atoms with Crippen LogP contribution in [0.3, 0.4) is 0 Å². The van der Waals surface area contributed by atoms with Crippen LogP contribution in [0.4, 0.5) is 0 Å². The van der Waals surface area contributed by atoms with E-state index in [2.05, 4.69) is 18.3 Å². The van der Waals surface area contributed by atoms with Gasteiger partial charge in [0.15, 0.2) is 0 Å². The van der Waals surface area contributed by atoms with Gasteiger partial charge in [0.1, 0.15) is 0 Å². The molecule has 3 nitrogen and oxygen atoms in total. The highest BCUT2D eigenvalue weighted by Gasteiger charge is 2.28. The van der Waals surface area contributed by atoms with Gasteiger partial charge in [-0.2, -0.15) is 0 Å². The molecule has 0 aliphatic heterocycles. The summed E-state index contributed by atoms with van der Waals surface area (Å²) in [6.45, 7) is 5.79. The fourth-order valence-corrected chi connectivity index (χ4v) is 1.50. The van der Waals surface area contributed by atoms with Crippen LogP contribution in [0, 0.1) is 0 Å². The van der Waals surface area contributed by atoms with E-state index in [0.717, 1.165) is 12.8 Å². The van der Waals surface area contributed by atoms with E-state index in [-0.39, 0.29) is 11.9 Å². The first-order chi connectivity index (χ1) is 6.45. The molecule has 0 spiro atoms. The van der Waals surface area contributed by atoms with E-state index in [1.54, 1.807) is 6.92 Å². The number of amides is 1. The van der Waals surface area contributed by atoms with Gasteiger partial charge in [-0.3, -0.25) is 4.79 Å². The van der Waals surface area contributed by atoms with E-state index >= 15 is 0 Å². The summed E-state index contributed by atoms with van der Waals surface area (Å²) in [6, 6.07) is 0.192. The maximum atomic E-state index is 11.7. The van der Waals surface area contributed by atoms with E-state index in [0.29, 0.717) is 6.42 Å². The van der Waals surface area contributed by atoms with Gasteiger partial charge in [-0.05, 0) is 33.1 Å². The van der Waals surface area contributed by atoms with E-state index in [1.165, 1.54) is 5.57 Å². The summed E-state index contributed by atoms with van der Waals surface area (Å²) in [4.78, 5) is 11.7. The maximum Gasteiger partial charge on any atom is 0.240 e. The zero-order chi connectivity index (χ0) is 10.8. The van der Waals surface area contributed by atoms with Crippen LogP contribution in [0.1, 0.15) is 40.0 Å². The number of carbonyl (C=O) groups excluding carboxylic acids is 1. The maximum absolute atomic E-state index is 11.7. The third kappa shape index (κ3) is 2.58. The van der Waals surface area contributed by atoms with Crippen molar-refractivity contribution in [2.24, 2.45) is 5.73 Å². The first kappa shape index (κ1) is 11.2. The lowest BCUT2D eigenvalue weighted by molar-refractivity contribution is -0.126. The summed E-state index contributed by atoms with van der Waals surface area (Å²) in [5, 5.41) is 2.96. The molecular weight excluding hydrogens is 176 g/mol. The van der Waals surface area contributed by atoms with Crippen molar-refractivity contribution >= 4 is 5.91 Å². The second-order valence-corrected chi connectivity index (χ2v) is 4.40. The minimum absolute atomic E-state index is 0.0454. The Morgan fingerprint density at radius 1 is 1.79 bits per heavy atom. The number of nitrogens with one attached hydrogen (secondary N) is 1. The first-order valence-electron chi connectivity index (χ1n) is 5.23. The second kappa shape index (κ2) is 4.13. The minimum Gasteiger partial charge on any atom is -0.348 e. The molecule has 1 aliphatic carbocycles. The Labute approximate surface area is 85.7 Å². The molecule has 3 heteroatoms. The lowest BCUT2D eigenvalue weighted by Crippen LogP contribution is -2.53. The Kier molecular flexibility index (Phi) is 3.32. The predicted molar refractivity (Wildman–Crippen MR) is 57.8 cm³/mol. The van der Waals surface area contributed by atoms with E-state index in [4.69, 9.17) is 5.73 Å². The van der Waals surface area contributed by atoms with E-state index in [1.807, 2.05) is 6.92 Å². The average Bonchev–Trinajstić information content (AvgIpc) is 2.51. The highest BCUT2D eigenvalue weighted by molar-refractivity contribution is 5.85. The molecule has 0 bridgehead atoms. The second-order valence-electron chi connectivity index (χ2n) is 4.40. The van der Waals surface area contributed by atoms with Gasteiger partial charge < -0.3 is 11.1 Å². The molecule has 1 amide bonds. The number of allylic oxidation sites excluding steroid dienone is 1. The standard InChI is InChI=1S/C11H20N2O/c1-4-11(3,12)10(14)13-9-6-5-8(2)7-9/h7,9H,4-6,12H2,1-3H3,(H,13,14). The Hall–Kier alpha value is -0.830. The normalized spacial score (nSPS) is 25.4. The van der Waals surface area contributed by atoms with Crippen LogP contribution in [-0.2, 0) is 4.79 Å². The van der Waals surface area contributed by atoms with Gasteiger partial charge in [0, 0.05) is 6.04 Å². The molecule has 14 heavy (non-hydrogen) atoms. The van der Waals surface area contributed by atoms with Crippen LogP contribution >= 0.6 is 0 Å². The Morgan fingerprint density at radius 2 is 2.43 bits per heavy atom. The molecule has 0 heterocycles. The van der Waals surface area contributed by atoms with Crippen molar-refractivity contribution in [2.75, 3.05) is 0 Å². The molecule has 1 aliphatic rings. The zero-order valence-electron chi connectivity index (χ0n) is 9.26. The monoisotopic (exact) mass is 196 g/mol. The minimum atomic E-state index is -0.732. The quantitative estimate of drug-likeness (QED) is 0.669. The molecule has 3 N–H and O–H groups in total. The lowest BCUT2D eigenvalue weighted by atomic mass is 9.99. The molecule has 0 aromatic heterocycles. The van der Waals surface area contributed by atoms with Crippen molar-refractivity contribution in [3.63, 3.8) is 0 Å². The zero-order valence-corrected chi connectivity index (χ0v) is 9.26. The Morgan fingerprint density at radius 3 is 2.86 bits per heavy atom. The number of hydrogen-bond donors (Lipinski definition) is 2. The highest BCUT2D eigenvalue weighted by Crippen LogP contribution is 2.18. The molecule has 80 valence electrons. The molecule has 2 unspecified atom stereocenters. The molecule has 0 saturated heterocycles. The van der Waals surface area contributed by atoms with Crippen LogP contribution in [0.15, 0.2) is 11.6 Å². The van der Waals surface area contributed by atoms with Crippen molar-refractivity contribution in [1.29, 1.82) is 0 Å². The smallest absolute Gasteiger partial charge is 0.240 e. The molecular formula is C11H20N2O. The largest absolute Gasteiger partial charge is 0.348 e. The Bertz CT molecular complexity index is 256. The first-order valence-corrected chi connectivity index (χ1v) is 5.23. The van der Waals surface area contributed by atoms with Crippen molar-refractivity contribution < 1.29 is 4.79 Å². The predicted octanol–water partition coefficient (Wildman–Crippen LogP) is 1.34. The van der Waals surface area contributed by atoms with Gasteiger partial charge in [-0.25, -0.2) is 0 Å². The molecule has 2 atom stereocenters. The third-order valence-electron chi connectivity index (χ3n) is 2.91. The molecule has 1 rings (SSSR count). The van der Waals surface area contributed by atoms with Crippen LogP contribution in [0.2, 0.25) is 0 Å². The van der Waals surface area contributed by atoms with Gasteiger partial charge >= 0.3 is 0 Å².